The van der Waals surface area contributed by atoms with Crippen LogP contribution in [0.1, 0.15) is 11.1 Å². The third kappa shape index (κ3) is 5.39. The van der Waals surface area contributed by atoms with E-state index in [0.717, 1.165) is 32.9 Å². The van der Waals surface area contributed by atoms with Crippen LogP contribution in [0.2, 0.25) is 0 Å². The first-order valence-electron chi connectivity index (χ1n) is 11.8. The number of hydrogen-bond acceptors (Lipinski definition) is 6. The molecule has 38 heavy (non-hydrogen) atoms. The van der Waals surface area contributed by atoms with Crippen molar-refractivity contribution in [3.05, 3.63) is 141 Å². The lowest BCUT2D eigenvalue weighted by atomic mass is 10.2. The van der Waals surface area contributed by atoms with Gasteiger partial charge in [0.2, 0.25) is 0 Å². The SMILES string of the molecule is O=[N+]([O-])c1ccc2c(cnn2Cc2ccccc2)c1.O=[N+]([O-])c1ccc2c(cnn2Cc2ccccc2)c1. The molecule has 0 unspecified atom stereocenters. The summed E-state index contributed by atoms with van der Waals surface area (Å²) in [4.78, 5) is 20.7. The van der Waals surface area contributed by atoms with E-state index in [4.69, 9.17) is 0 Å². The van der Waals surface area contributed by atoms with Crippen LogP contribution in [0, 0.1) is 20.2 Å². The minimum Gasteiger partial charge on any atom is -0.260 e. The van der Waals surface area contributed by atoms with Crippen molar-refractivity contribution in [2.45, 2.75) is 13.1 Å². The molecule has 6 rings (SSSR count). The molecule has 188 valence electrons. The summed E-state index contributed by atoms with van der Waals surface area (Å²) in [6.45, 7) is 1.31. The van der Waals surface area contributed by atoms with E-state index in [1.807, 2.05) is 70.0 Å². The zero-order chi connectivity index (χ0) is 26.5. The third-order valence-electron chi connectivity index (χ3n) is 6.02. The zero-order valence-electron chi connectivity index (χ0n) is 20.1. The van der Waals surface area contributed by atoms with Gasteiger partial charge in [-0.25, -0.2) is 0 Å². The number of non-ortho nitro benzene ring substituents is 2. The van der Waals surface area contributed by atoms with Crippen molar-refractivity contribution < 1.29 is 9.85 Å². The molecule has 0 spiro atoms. The number of nitro benzene ring substituents is 2. The lowest BCUT2D eigenvalue weighted by Crippen LogP contribution is -2.00. The molecule has 2 aromatic heterocycles. The normalized spacial score (nSPS) is 10.7. The van der Waals surface area contributed by atoms with Gasteiger partial charge in [-0.3, -0.25) is 29.6 Å². The van der Waals surface area contributed by atoms with Crippen LogP contribution in [0.3, 0.4) is 0 Å². The Morgan fingerprint density at radius 2 is 0.974 bits per heavy atom. The molecule has 0 radical (unpaired) electrons. The van der Waals surface area contributed by atoms with Gasteiger partial charge in [0.05, 0.1) is 46.4 Å². The first-order valence-corrected chi connectivity index (χ1v) is 11.8. The summed E-state index contributed by atoms with van der Waals surface area (Å²) >= 11 is 0. The van der Waals surface area contributed by atoms with E-state index < -0.39 is 9.85 Å². The molecule has 0 atom stereocenters. The average Bonchev–Trinajstić information content (AvgIpc) is 3.53. The van der Waals surface area contributed by atoms with Crippen molar-refractivity contribution in [1.82, 2.24) is 19.6 Å². The lowest BCUT2D eigenvalue weighted by Gasteiger charge is -2.03. The van der Waals surface area contributed by atoms with Crippen LogP contribution >= 0.6 is 0 Å². The molecule has 10 heteroatoms. The van der Waals surface area contributed by atoms with Gasteiger partial charge in [-0.1, -0.05) is 60.7 Å². The first-order chi connectivity index (χ1) is 18.5. The second kappa shape index (κ2) is 10.7. The monoisotopic (exact) mass is 506 g/mol. The molecule has 0 saturated carbocycles. The predicted molar refractivity (Wildman–Crippen MR) is 144 cm³/mol. The van der Waals surface area contributed by atoms with Crippen LogP contribution in [0.5, 0.6) is 0 Å². The molecule has 0 saturated heterocycles. The van der Waals surface area contributed by atoms with E-state index in [1.54, 1.807) is 36.7 Å². The molecule has 0 bridgehead atoms. The maximum Gasteiger partial charge on any atom is 0.270 e. The van der Waals surface area contributed by atoms with Crippen LogP contribution in [-0.4, -0.2) is 29.4 Å². The van der Waals surface area contributed by atoms with E-state index in [2.05, 4.69) is 10.2 Å². The Bertz CT molecular complexity index is 1600. The van der Waals surface area contributed by atoms with Crippen LogP contribution in [0.15, 0.2) is 109 Å². The highest BCUT2D eigenvalue weighted by Crippen LogP contribution is 2.22. The van der Waals surface area contributed by atoms with Gasteiger partial charge in [0, 0.05) is 35.0 Å². The fourth-order valence-corrected chi connectivity index (χ4v) is 4.14. The second-order valence-corrected chi connectivity index (χ2v) is 8.58. The second-order valence-electron chi connectivity index (χ2n) is 8.58. The van der Waals surface area contributed by atoms with E-state index >= 15 is 0 Å². The Hall–Kier alpha value is -5.38. The van der Waals surface area contributed by atoms with Gasteiger partial charge in [-0.15, -0.1) is 0 Å². The number of fused-ring (bicyclic) bond motifs is 2. The van der Waals surface area contributed by atoms with Gasteiger partial charge in [0.1, 0.15) is 0 Å². The summed E-state index contributed by atoms with van der Waals surface area (Å²) in [6.07, 6.45) is 3.32. The highest BCUT2D eigenvalue weighted by molar-refractivity contribution is 5.81. The fraction of sp³-hybridized carbons (Fsp3) is 0.0714. The van der Waals surface area contributed by atoms with E-state index in [9.17, 15) is 20.2 Å². The topological polar surface area (TPSA) is 122 Å². The van der Waals surface area contributed by atoms with Crippen LogP contribution < -0.4 is 0 Å². The standard InChI is InChI=1S/2C14H11N3O2/c2*18-17(19)13-6-7-14-12(8-13)9-15-16(14)10-11-4-2-1-3-5-11/h2*1-9H,10H2. The van der Waals surface area contributed by atoms with Gasteiger partial charge in [0.15, 0.2) is 0 Å². The zero-order valence-corrected chi connectivity index (χ0v) is 20.1. The molecular formula is C28H22N6O4. The Morgan fingerprint density at radius 3 is 1.34 bits per heavy atom. The van der Waals surface area contributed by atoms with Crippen molar-refractivity contribution in [2.75, 3.05) is 0 Å². The van der Waals surface area contributed by atoms with Crippen LogP contribution in [-0.2, 0) is 13.1 Å². The minimum atomic E-state index is -0.395. The first kappa shape index (κ1) is 24.3. The number of nitrogens with zero attached hydrogens (tertiary/aromatic N) is 6. The Morgan fingerprint density at radius 1 is 0.579 bits per heavy atom. The minimum absolute atomic E-state index is 0.0896. The number of aromatic nitrogens is 4. The largest absolute Gasteiger partial charge is 0.270 e. The highest BCUT2D eigenvalue weighted by atomic mass is 16.6. The van der Waals surface area contributed by atoms with Gasteiger partial charge in [0.25, 0.3) is 11.4 Å². The summed E-state index contributed by atoms with van der Waals surface area (Å²) in [5, 5.41) is 31.6. The van der Waals surface area contributed by atoms with Crippen molar-refractivity contribution in [3.8, 4) is 0 Å². The summed E-state index contributed by atoms with van der Waals surface area (Å²) in [5.41, 5.74) is 4.26. The van der Waals surface area contributed by atoms with Gasteiger partial charge in [-0.05, 0) is 23.3 Å². The molecule has 0 aliphatic rings. The number of nitro groups is 2. The molecule has 0 aliphatic carbocycles. The van der Waals surface area contributed by atoms with Crippen molar-refractivity contribution in [1.29, 1.82) is 0 Å². The van der Waals surface area contributed by atoms with Crippen LogP contribution in [0.4, 0.5) is 11.4 Å². The van der Waals surface area contributed by atoms with Gasteiger partial charge < -0.3 is 0 Å². The molecule has 4 aromatic carbocycles. The summed E-state index contributed by atoms with van der Waals surface area (Å²) in [6, 6.07) is 29.5. The molecule has 0 fully saturated rings. The van der Waals surface area contributed by atoms with Gasteiger partial charge >= 0.3 is 0 Å². The van der Waals surface area contributed by atoms with Crippen molar-refractivity contribution in [2.24, 2.45) is 0 Å². The molecule has 2 heterocycles. The van der Waals surface area contributed by atoms with E-state index in [-0.39, 0.29) is 11.4 Å². The smallest absolute Gasteiger partial charge is 0.260 e. The lowest BCUT2D eigenvalue weighted by molar-refractivity contribution is -0.384. The molecular weight excluding hydrogens is 484 g/mol. The van der Waals surface area contributed by atoms with Crippen molar-refractivity contribution >= 4 is 33.2 Å². The third-order valence-corrected chi connectivity index (χ3v) is 6.02. The number of hydrogen-bond donors (Lipinski definition) is 0. The van der Waals surface area contributed by atoms with E-state index in [1.165, 1.54) is 12.1 Å². The van der Waals surface area contributed by atoms with E-state index in [0.29, 0.717) is 13.1 Å². The van der Waals surface area contributed by atoms with Crippen molar-refractivity contribution in [3.63, 3.8) is 0 Å². The average molecular weight is 507 g/mol. The maximum atomic E-state index is 10.7. The van der Waals surface area contributed by atoms with Crippen LogP contribution in [0.25, 0.3) is 21.8 Å². The quantitative estimate of drug-likeness (QED) is 0.202. The molecule has 10 nitrogen and oxygen atoms in total. The predicted octanol–water partition coefficient (Wildman–Crippen LogP) is 5.99. The summed E-state index contributed by atoms with van der Waals surface area (Å²) in [5.74, 6) is 0. The summed E-state index contributed by atoms with van der Waals surface area (Å²) < 4.78 is 3.68. The number of rotatable bonds is 6. The molecule has 0 aliphatic heterocycles. The Kier molecular flexibility index (Phi) is 6.85. The fourth-order valence-electron chi connectivity index (χ4n) is 4.14. The molecule has 0 amide bonds. The Balaban J connectivity index is 0.000000155. The highest BCUT2D eigenvalue weighted by Gasteiger charge is 2.11. The maximum absolute atomic E-state index is 10.7. The molecule has 6 aromatic rings. The summed E-state index contributed by atoms with van der Waals surface area (Å²) in [7, 11) is 0. The Labute approximate surface area is 216 Å². The number of benzene rings is 4. The molecule has 0 N–H and O–H groups in total. The van der Waals surface area contributed by atoms with Gasteiger partial charge in [-0.2, -0.15) is 10.2 Å².